The SMILES string of the molecule is O=C(Cn1ncc2ccccc21)N1CCOC[C@@H](O)C1. The molecule has 1 atom stereocenters. The van der Waals surface area contributed by atoms with Gasteiger partial charge in [-0.05, 0) is 6.07 Å². The molecule has 2 heterocycles. The smallest absolute Gasteiger partial charge is 0.244 e. The van der Waals surface area contributed by atoms with E-state index in [2.05, 4.69) is 5.10 Å². The van der Waals surface area contributed by atoms with Gasteiger partial charge in [0.1, 0.15) is 6.54 Å². The summed E-state index contributed by atoms with van der Waals surface area (Å²) < 4.78 is 6.92. The summed E-state index contributed by atoms with van der Waals surface area (Å²) in [5.74, 6) is -0.0524. The van der Waals surface area contributed by atoms with Gasteiger partial charge in [0, 0.05) is 18.5 Å². The van der Waals surface area contributed by atoms with Crippen molar-refractivity contribution in [1.29, 1.82) is 0 Å². The van der Waals surface area contributed by atoms with Crippen LogP contribution in [0.1, 0.15) is 0 Å². The largest absolute Gasteiger partial charge is 0.389 e. The molecule has 0 radical (unpaired) electrons. The van der Waals surface area contributed by atoms with E-state index in [0.29, 0.717) is 19.7 Å². The summed E-state index contributed by atoms with van der Waals surface area (Å²) in [5.41, 5.74) is 0.937. The predicted octanol–water partition coefficient (Wildman–Crippen LogP) is 0.256. The van der Waals surface area contributed by atoms with Crippen molar-refractivity contribution in [3.05, 3.63) is 30.5 Å². The fraction of sp³-hybridized carbons (Fsp3) is 0.429. The fourth-order valence-corrected chi connectivity index (χ4v) is 2.40. The summed E-state index contributed by atoms with van der Waals surface area (Å²) >= 11 is 0. The van der Waals surface area contributed by atoms with Gasteiger partial charge in [-0.3, -0.25) is 9.48 Å². The maximum absolute atomic E-state index is 12.3. The number of hydrogen-bond donors (Lipinski definition) is 1. The van der Waals surface area contributed by atoms with Gasteiger partial charge in [0.05, 0.1) is 31.0 Å². The van der Waals surface area contributed by atoms with Gasteiger partial charge in [-0.25, -0.2) is 0 Å². The van der Waals surface area contributed by atoms with Crippen molar-refractivity contribution < 1.29 is 14.6 Å². The average molecular weight is 275 g/mol. The predicted molar refractivity (Wildman–Crippen MR) is 73.1 cm³/mol. The number of para-hydroxylation sites is 1. The van der Waals surface area contributed by atoms with Crippen LogP contribution in [-0.2, 0) is 16.1 Å². The van der Waals surface area contributed by atoms with E-state index in [1.807, 2.05) is 24.3 Å². The molecule has 20 heavy (non-hydrogen) atoms. The molecule has 0 aliphatic carbocycles. The molecule has 1 saturated heterocycles. The van der Waals surface area contributed by atoms with E-state index in [-0.39, 0.29) is 19.1 Å². The van der Waals surface area contributed by atoms with Crippen LogP contribution in [0.25, 0.3) is 10.9 Å². The zero-order valence-corrected chi connectivity index (χ0v) is 11.1. The molecule has 106 valence electrons. The zero-order chi connectivity index (χ0) is 13.9. The van der Waals surface area contributed by atoms with Crippen molar-refractivity contribution in [3.8, 4) is 0 Å². The lowest BCUT2D eigenvalue weighted by Gasteiger charge is -2.21. The van der Waals surface area contributed by atoms with Crippen LogP contribution in [0.3, 0.4) is 0 Å². The third-order valence-electron chi connectivity index (χ3n) is 3.44. The van der Waals surface area contributed by atoms with Crippen LogP contribution in [-0.4, -0.2) is 58.1 Å². The van der Waals surface area contributed by atoms with E-state index in [4.69, 9.17) is 4.74 Å². The normalized spacial score (nSPS) is 20.1. The highest BCUT2D eigenvalue weighted by Crippen LogP contribution is 2.13. The number of hydrogen-bond acceptors (Lipinski definition) is 4. The van der Waals surface area contributed by atoms with Gasteiger partial charge in [0.15, 0.2) is 0 Å². The van der Waals surface area contributed by atoms with E-state index < -0.39 is 6.10 Å². The first-order valence-electron chi connectivity index (χ1n) is 6.68. The summed E-state index contributed by atoms with van der Waals surface area (Å²) in [4.78, 5) is 13.9. The first kappa shape index (κ1) is 13.1. The van der Waals surface area contributed by atoms with Gasteiger partial charge in [-0.1, -0.05) is 18.2 Å². The zero-order valence-electron chi connectivity index (χ0n) is 11.1. The molecule has 1 aromatic heterocycles. The van der Waals surface area contributed by atoms with Crippen molar-refractivity contribution in [2.45, 2.75) is 12.6 Å². The van der Waals surface area contributed by atoms with E-state index >= 15 is 0 Å². The summed E-state index contributed by atoms with van der Waals surface area (Å²) in [6.45, 7) is 1.75. The molecule has 2 aromatic rings. The summed E-state index contributed by atoms with van der Waals surface area (Å²) in [6, 6.07) is 7.77. The number of benzene rings is 1. The molecule has 6 heteroatoms. The number of β-amino-alcohol motifs (C(OH)–C–C–N with tert-alkyl or cyclic N) is 1. The van der Waals surface area contributed by atoms with Gasteiger partial charge in [0.2, 0.25) is 5.91 Å². The molecule has 0 bridgehead atoms. The van der Waals surface area contributed by atoms with Crippen LogP contribution in [0.5, 0.6) is 0 Å². The number of ether oxygens (including phenoxy) is 1. The third kappa shape index (κ3) is 2.66. The van der Waals surface area contributed by atoms with Gasteiger partial charge >= 0.3 is 0 Å². The molecule has 0 saturated carbocycles. The number of nitrogens with zero attached hydrogens (tertiary/aromatic N) is 3. The molecule has 0 spiro atoms. The first-order chi connectivity index (χ1) is 9.74. The molecule has 1 N–H and O–H groups in total. The van der Waals surface area contributed by atoms with Crippen LogP contribution in [0.4, 0.5) is 0 Å². The molecular formula is C14H17N3O3. The van der Waals surface area contributed by atoms with Crippen molar-refractivity contribution in [2.75, 3.05) is 26.3 Å². The number of rotatable bonds is 2. The molecule has 1 amide bonds. The van der Waals surface area contributed by atoms with Crippen molar-refractivity contribution in [1.82, 2.24) is 14.7 Å². The van der Waals surface area contributed by atoms with Crippen molar-refractivity contribution in [2.24, 2.45) is 0 Å². The van der Waals surface area contributed by atoms with Crippen LogP contribution >= 0.6 is 0 Å². The Labute approximate surface area is 116 Å². The number of aromatic nitrogens is 2. The van der Waals surface area contributed by atoms with Gasteiger partial charge < -0.3 is 14.7 Å². The number of fused-ring (bicyclic) bond motifs is 1. The standard InChI is InChI=1S/C14H17N3O3/c18-12-8-16(5-6-20-10-12)14(19)9-17-13-4-2-1-3-11(13)7-15-17/h1-4,7,12,18H,5-6,8-10H2/t12-/m0/s1. The highest BCUT2D eigenvalue weighted by atomic mass is 16.5. The number of carbonyl (C=O) groups is 1. The Bertz CT molecular complexity index is 610. The lowest BCUT2D eigenvalue weighted by atomic mass is 10.2. The second kappa shape index (κ2) is 5.60. The monoisotopic (exact) mass is 275 g/mol. The highest BCUT2D eigenvalue weighted by molar-refractivity contribution is 5.82. The first-order valence-corrected chi connectivity index (χ1v) is 6.68. The summed E-state index contributed by atoms with van der Waals surface area (Å²) in [6.07, 6.45) is 1.14. The van der Waals surface area contributed by atoms with Crippen LogP contribution in [0.15, 0.2) is 30.5 Å². The Morgan fingerprint density at radius 3 is 3.20 bits per heavy atom. The fourth-order valence-electron chi connectivity index (χ4n) is 2.40. The topological polar surface area (TPSA) is 67.6 Å². The second-order valence-corrected chi connectivity index (χ2v) is 4.93. The Morgan fingerprint density at radius 2 is 2.30 bits per heavy atom. The molecule has 3 rings (SSSR count). The highest BCUT2D eigenvalue weighted by Gasteiger charge is 2.21. The lowest BCUT2D eigenvalue weighted by Crippen LogP contribution is -2.39. The Morgan fingerprint density at radius 1 is 1.45 bits per heavy atom. The maximum Gasteiger partial charge on any atom is 0.244 e. The van der Waals surface area contributed by atoms with Gasteiger partial charge in [-0.15, -0.1) is 0 Å². The number of carbonyl (C=O) groups excluding carboxylic acids is 1. The van der Waals surface area contributed by atoms with E-state index in [0.717, 1.165) is 10.9 Å². The Kier molecular flexibility index (Phi) is 3.66. The number of amides is 1. The van der Waals surface area contributed by atoms with Crippen molar-refractivity contribution >= 4 is 16.8 Å². The minimum atomic E-state index is -0.615. The van der Waals surface area contributed by atoms with E-state index in [9.17, 15) is 9.90 Å². The summed E-state index contributed by atoms with van der Waals surface area (Å²) in [7, 11) is 0. The molecular weight excluding hydrogens is 258 g/mol. The number of aliphatic hydroxyl groups is 1. The van der Waals surface area contributed by atoms with Gasteiger partial charge in [-0.2, -0.15) is 5.10 Å². The minimum Gasteiger partial charge on any atom is -0.389 e. The lowest BCUT2D eigenvalue weighted by molar-refractivity contribution is -0.132. The average Bonchev–Trinajstić information content (AvgIpc) is 2.72. The quantitative estimate of drug-likeness (QED) is 0.853. The molecule has 0 unspecified atom stereocenters. The molecule has 6 nitrogen and oxygen atoms in total. The van der Waals surface area contributed by atoms with Gasteiger partial charge in [0.25, 0.3) is 0 Å². The van der Waals surface area contributed by atoms with Crippen LogP contribution in [0, 0.1) is 0 Å². The number of aliphatic hydroxyl groups excluding tert-OH is 1. The molecule has 1 aliphatic rings. The van der Waals surface area contributed by atoms with Crippen LogP contribution < -0.4 is 0 Å². The molecule has 1 fully saturated rings. The van der Waals surface area contributed by atoms with E-state index in [1.54, 1.807) is 15.8 Å². The third-order valence-corrected chi connectivity index (χ3v) is 3.44. The Hall–Kier alpha value is -1.92. The second-order valence-electron chi connectivity index (χ2n) is 4.93. The molecule has 1 aromatic carbocycles. The molecule has 1 aliphatic heterocycles. The van der Waals surface area contributed by atoms with Crippen LogP contribution in [0.2, 0.25) is 0 Å². The van der Waals surface area contributed by atoms with E-state index in [1.165, 1.54) is 0 Å². The maximum atomic E-state index is 12.3. The Balaban J connectivity index is 1.75. The summed E-state index contributed by atoms with van der Waals surface area (Å²) in [5, 5.41) is 14.9. The minimum absolute atomic E-state index is 0.0524. The van der Waals surface area contributed by atoms with Crippen molar-refractivity contribution in [3.63, 3.8) is 0 Å².